The summed E-state index contributed by atoms with van der Waals surface area (Å²) in [6.45, 7) is 10.1. The van der Waals surface area contributed by atoms with Gasteiger partial charge in [-0.1, -0.05) is 13.8 Å². The molecule has 1 aliphatic carbocycles. The molecule has 0 heterocycles. The molecule has 0 unspecified atom stereocenters. The monoisotopic (exact) mass is 283 g/mol. The van der Waals surface area contributed by atoms with Crippen LogP contribution >= 0.6 is 0 Å². The molecule has 1 aliphatic rings. The largest absolute Gasteiger partial charge is 0.466 e. The fraction of sp³-hybridized carbons (Fsp3) is 0.786. The molecule has 0 radical (unpaired) electrons. The summed E-state index contributed by atoms with van der Waals surface area (Å²) in [5.74, 6) is -0.0630. The summed E-state index contributed by atoms with van der Waals surface area (Å²) in [6, 6.07) is -0.687. The first-order valence-corrected chi connectivity index (χ1v) is 6.93. The number of ether oxygens (including phenoxy) is 1. The number of hydrogen-bond donors (Lipinski definition) is 2. The van der Waals surface area contributed by atoms with E-state index in [9.17, 15) is 9.59 Å². The smallest absolute Gasteiger partial charge is 0.332 e. The number of carbonyl (C=O) groups excluding carboxylic acids is 2. The number of amides is 2. The molecule has 2 atom stereocenters. The third-order valence-corrected chi connectivity index (χ3v) is 4.80. The predicted molar refractivity (Wildman–Crippen MR) is 77.1 cm³/mol. The van der Waals surface area contributed by atoms with Gasteiger partial charge in [0.15, 0.2) is 0 Å². The second kappa shape index (κ2) is 5.81. The fourth-order valence-electron chi connectivity index (χ4n) is 3.11. The van der Waals surface area contributed by atoms with Crippen LogP contribution in [0.1, 0.15) is 47.5 Å². The molecule has 3 N–H and O–H groups in total. The van der Waals surface area contributed by atoms with Crippen molar-refractivity contribution in [3.05, 3.63) is 0 Å². The number of hydrogen-bond acceptors (Lipinski definition) is 4. The molecule has 0 saturated heterocycles. The Bertz CT molecular complexity index is 431. The number of carbonyl (C=O) groups is 2. The van der Waals surface area contributed by atoms with Gasteiger partial charge in [-0.15, -0.1) is 0 Å². The lowest BCUT2D eigenvalue weighted by molar-refractivity contribution is -0.160. The topological polar surface area (TPSA) is 93.8 Å². The third-order valence-electron chi connectivity index (χ3n) is 4.80. The summed E-state index contributed by atoms with van der Waals surface area (Å²) in [5.41, 5.74) is 7.20. The Hall–Kier alpha value is -1.59. The van der Waals surface area contributed by atoms with Gasteiger partial charge in [-0.2, -0.15) is 5.10 Å². The molecule has 1 saturated carbocycles. The van der Waals surface area contributed by atoms with Crippen molar-refractivity contribution in [1.29, 1.82) is 0 Å². The van der Waals surface area contributed by atoms with Crippen molar-refractivity contribution in [3.63, 3.8) is 0 Å². The van der Waals surface area contributed by atoms with Crippen LogP contribution in [0.2, 0.25) is 0 Å². The van der Waals surface area contributed by atoms with Crippen molar-refractivity contribution in [1.82, 2.24) is 5.43 Å². The molecule has 1 fully saturated rings. The molecule has 0 spiro atoms. The molecule has 20 heavy (non-hydrogen) atoms. The van der Waals surface area contributed by atoms with Crippen LogP contribution in [0.15, 0.2) is 5.10 Å². The van der Waals surface area contributed by atoms with Gasteiger partial charge >= 0.3 is 12.0 Å². The zero-order chi connectivity index (χ0) is 15.6. The van der Waals surface area contributed by atoms with Gasteiger partial charge in [-0.25, -0.2) is 10.2 Å². The van der Waals surface area contributed by atoms with Crippen molar-refractivity contribution < 1.29 is 14.3 Å². The summed E-state index contributed by atoms with van der Waals surface area (Å²) in [7, 11) is 0. The van der Waals surface area contributed by atoms with Crippen molar-refractivity contribution in [2.45, 2.75) is 47.5 Å². The van der Waals surface area contributed by atoms with Crippen molar-refractivity contribution in [3.8, 4) is 0 Å². The molecule has 2 amide bonds. The normalized spacial score (nSPS) is 29.1. The molecular weight excluding hydrogens is 258 g/mol. The first-order valence-electron chi connectivity index (χ1n) is 6.93. The van der Waals surface area contributed by atoms with Gasteiger partial charge < -0.3 is 10.5 Å². The highest BCUT2D eigenvalue weighted by Crippen LogP contribution is 2.56. The molecule has 0 bridgehead atoms. The lowest BCUT2D eigenvalue weighted by atomic mass is 9.65. The Labute approximate surface area is 120 Å². The third kappa shape index (κ3) is 2.78. The first kappa shape index (κ1) is 16.5. The van der Waals surface area contributed by atoms with Gasteiger partial charge in [0, 0.05) is 11.6 Å². The highest BCUT2D eigenvalue weighted by Gasteiger charge is 2.57. The molecular formula is C14H25N3O3. The Balaban J connectivity index is 2.97. The van der Waals surface area contributed by atoms with Gasteiger partial charge in [0.05, 0.1) is 12.0 Å². The van der Waals surface area contributed by atoms with Crippen LogP contribution in [0.4, 0.5) is 4.79 Å². The lowest BCUT2D eigenvalue weighted by Gasteiger charge is -2.39. The average molecular weight is 283 g/mol. The van der Waals surface area contributed by atoms with Crippen LogP contribution in [0.25, 0.3) is 0 Å². The summed E-state index contributed by atoms with van der Waals surface area (Å²) < 4.78 is 5.22. The van der Waals surface area contributed by atoms with Crippen LogP contribution in [0.3, 0.4) is 0 Å². The number of hydrazone groups is 1. The quantitative estimate of drug-likeness (QED) is 0.469. The molecule has 0 aromatic carbocycles. The molecule has 0 aromatic heterocycles. The minimum Gasteiger partial charge on any atom is -0.466 e. The molecule has 0 aliphatic heterocycles. The Morgan fingerprint density at radius 1 is 1.40 bits per heavy atom. The van der Waals surface area contributed by atoms with Gasteiger partial charge in [0.2, 0.25) is 0 Å². The van der Waals surface area contributed by atoms with E-state index < -0.39 is 11.4 Å². The van der Waals surface area contributed by atoms with Gasteiger partial charge in [-0.3, -0.25) is 4.79 Å². The minimum absolute atomic E-state index is 0.101. The molecule has 6 nitrogen and oxygen atoms in total. The minimum atomic E-state index is -0.687. The van der Waals surface area contributed by atoms with E-state index in [1.54, 1.807) is 0 Å². The number of primary amides is 1. The fourth-order valence-corrected chi connectivity index (χ4v) is 3.11. The molecule has 114 valence electrons. The summed E-state index contributed by atoms with van der Waals surface area (Å²) >= 11 is 0. The maximum Gasteiger partial charge on any atom is 0.332 e. The van der Waals surface area contributed by atoms with Gasteiger partial charge in [0.25, 0.3) is 0 Å². The molecule has 0 aromatic rings. The number of nitrogens with one attached hydrogen (secondary N) is 1. The van der Waals surface area contributed by atoms with E-state index in [1.165, 1.54) is 0 Å². The van der Waals surface area contributed by atoms with Gasteiger partial charge in [0.1, 0.15) is 0 Å². The van der Waals surface area contributed by atoms with E-state index in [1.807, 2.05) is 34.6 Å². The summed E-state index contributed by atoms with van der Waals surface area (Å²) in [5, 5.41) is 4.01. The van der Waals surface area contributed by atoms with Crippen molar-refractivity contribution in [2.24, 2.45) is 27.6 Å². The lowest BCUT2D eigenvalue weighted by Crippen LogP contribution is -2.43. The number of esters is 1. The second-order valence-corrected chi connectivity index (χ2v) is 6.09. The number of nitrogens with zero attached hydrogens (tertiary/aromatic N) is 1. The van der Waals surface area contributed by atoms with Crippen LogP contribution in [0, 0.1) is 16.7 Å². The second-order valence-electron chi connectivity index (χ2n) is 6.09. The average Bonchev–Trinajstić information content (AvgIpc) is 2.59. The zero-order valence-corrected chi connectivity index (χ0v) is 12.9. The molecule has 6 heteroatoms. The number of nitrogens with two attached hydrogens (primary N) is 1. The first-order chi connectivity index (χ1) is 9.16. The SMILES string of the molecule is CCOC(=O)[C@@]1(C)CC[C@@H](/C(C)=N\NC(N)=O)C1(C)C. The number of rotatable bonds is 4. The van der Waals surface area contributed by atoms with Gasteiger partial charge in [-0.05, 0) is 39.0 Å². The van der Waals surface area contributed by atoms with Crippen molar-refractivity contribution in [2.75, 3.05) is 6.61 Å². The van der Waals surface area contributed by atoms with Crippen molar-refractivity contribution >= 4 is 17.7 Å². The highest BCUT2D eigenvalue weighted by atomic mass is 16.5. The van der Waals surface area contributed by atoms with E-state index in [0.717, 1.165) is 18.6 Å². The Morgan fingerprint density at radius 2 is 2.00 bits per heavy atom. The van der Waals surface area contributed by atoms with Crippen LogP contribution < -0.4 is 11.2 Å². The Kier molecular flexibility index (Phi) is 4.78. The standard InChI is InChI=1S/C14H25N3O3/c1-6-20-11(18)14(5)8-7-10(13(14,3)4)9(2)16-17-12(15)19/h10H,6-8H2,1-5H3,(H3,15,17,19)/b16-9-/t10-,14+/m0/s1. The van der Waals surface area contributed by atoms with E-state index >= 15 is 0 Å². The molecule has 1 rings (SSSR count). The summed E-state index contributed by atoms with van der Waals surface area (Å²) in [6.07, 6.45) is 1.57. The summed E-state index contributed by atoms with van der Waals surface area (Å²) in [4.78, 5) is 23.0. The maximum absolute atomic E-state index is 12.3. The van der Waals surface area contributed by atoms with E-state index in [2.05, 4.69) is 10.5 Å². The zero-order valence-electron chi connectivity index (χ0n) is 12.9. The van der Waals surface area contributed by atoms with E-state index in [-0.39, 0.29) is 17.3 Å². The van der Waals surface area contributed by atoms with E-state index in [0.29, 0.717) is 6.61 Å². The highest BCUT2D eigenvalue weighted by molar-refractivity contribution is 5.89. The van der Waals surface area contributed by atoms with Crippen LogP contribution in [-0.2, 0) is 9.53 Å². The Morgan fingerprint density at radius 3 is 2.50 bits per heavy atom. The van der Waals surface area contributed by atoms with Crippen LogP contribution in [0.5, 0.6) is 0 Å². The maximum atomic E-state index is 12.3. The van der Waals surface area contributed by atoms with E-state index in [4.69, 9.17) is 10.5 Å². The predicted octanol–water partition coefficient (Wildman–Crippen LogP) is 2.04. The van der Waals surface area contributed by atoms with Crippen LogP contribution in [-0.4, -0.2) is 24.3 Å². The number of urea groups is 1.